The molecule has 0 aliphatic heterocycles. The molecular weight excluding hydrogens is 534 g/mol. The lowest BCUT2D eigenvalue weighted by Crippen LogP contribution is -2.47. The molecule has 4 rings (SSSR count). The summed E-state index contributed by atoms with van der Waals surface area (Å²) in [5.74, 6) is -0.409. The number of amides is 2. The molecule has 2 aromatic carbocycles. The quantitative estimate of drug-likeness (QED) is 0.280. The second-order valence-electron chi connectivity index (χ2n) is 12.0. The zero-order chi connectivity index (χ0) is 30.7. The second-order valence-corrected chi connectivity index (χ2v) is 12.0. The summed E-state index contributed by atoms with van der Waals surface area (Å²) in [6.45, 7) is 12.5. The van der Waals surface area contributed by atoms with E-state index in [1.165, 1.54) is 4.68 Å². The minimum atomic E-state index is -0.886. The van der Waals surface area contributed by atoms with Crippen LogP contribution in [0.2, 0.25) is 0 Å². The highest BCUT2D eigenvalue weighted by Crippen LogP contribution is 2.28. The van der Waals surface area contributed by atoms with Gasteiger partial charge in [0.1, 0.15) is 17.2 Å². The predicted octanol–water partition coefficient (Wildman–Crippen LogP) is 6.26. The number of ether oxygens (including phenoxy) is 2. The van der Waals surface area contributed by atoms with E-state index < -0.39 is 35.3 Å². The summed E-state index contributed by atoms with van der Waals surface area (Å²) in [7, 11) is 0. The molecule has 4 aromatic rings. The summed E-state index contributed by atoms with van der Waals surface area (Å²) < 4.78 is 12.1. The number of pyridine rings is 1. The molecular formula is C32H37N5O5. The van der Waals surface area contributed by atoms with Gasteiger partial charge in [-0.25, -0.2) is 9.59 Å². The van der Waals surface area contributed by atoms with Crippen LogP contribution in [0.25, 0.3) is 22.0 Å². The van der Waals surface area contributed by atoms with Crippen molar-refractivity contribution < 1.29 is 23.9 Å². The molecule has 0 aliphatic carbocycles. The first-order chi connectivity index (χ1) is 19.7. The predicted molar refractivity (Wildman–Crippen MR) is 161 cm³/mol. The molecule has 2 N–H and O–H groups in total. The van der Waals surface area contributed by atoms with E-state index in [-0.39, 0.29) is 6.42 Å². The largest absolute Gasteiger partial charge is 0.444 e. The molecule has 42 heavy (non-hydrogen) atoms. The molecule has 0 fully saturated rings. The monoisotopic (exact) mass is 571 g/mol. The highest BCUT2D eigenvalue weighted by molar-refractivity contribution is 5.97. The van der Waals surface area contributed by atoms with Crippen LogP contribution in [-0.2, 0) is 20.7 Å². The Morgan fingerprint density at radius 2 is 1.57 bits per heavy atom. The maximum Gasteiger partial charge on any atom is 0.435 e. The highest BCUT2D eigenvalue weighted by Gasteiger charge is 2.25. The maximum absolute atomic E-state index is 13.4. The molecule has 0 spiro atoms. The summed E-state index contributed by atoms with van der Waals surface area (Å²) in [5, 5.41) is 10.8. The first kappa shape index (κ1) is 30.2. The zero-order valence-electron chi connectivity index (χ0n) is 25.0. The summed E-state index contributed by atoms with van der Waals surface area (Å²) >= 11 is 0. The van der Waals surface area contributed by atoms with Gasteiger partial charge in [0.05, 0.1) is 23.1 Å². The van der Waals surface area contributed by atoms with Crippen LogP contribution >= 0.6 is 0 Å². The topological polar surface area (TPSA) is 124 Å². The minimum absolute atomic E-state index is 0.274. The molecule has 0 bridgehead atoms. The average Bonchev–Trinajstić information content (AvgIpc) is 3.23. The standard InChI is InChI=1S/C32H37N5O5/c1-20-25-17-22(13-14-27(25)37(36-20)30(40)42-32(5,6)7)23-16-24(19-33-18-23)34-28(38)26(15-21-11-9-8-10-12-21)35-29(39)41-31(2,3)4/h8-14,16-19,26H,15H2,1-7H3,(H,34,38)(H,35,39). The van der Waals surface area contributed by atoms with Crippen LogP contribution in [0, 0.1) is 6.92 Å². The Labute approximate surface area is 245 Å². The summed E-state index contributed by atoms with van der Waals surface area (Å²) in [6, 6.07) is 15.9. The average molecular weight is 572 g/mol. The van der Waals surface area contributed by atoms with Crippen LogP contribution in [0.15, 0.2) is 67.0 Å². The van der Waals surface area contributed by atoms with Gasteiger partial charge in [0.15, 0.2) is 0 Å². The Hall–Kier alpha value is -4.73. The fourth-order valence-corrected chi connectivity index (χ4v) is 4.30. The Morgan fingerprint density at radius 3 is 2.24 bits per heavy atom. The van der Waals surface area contributed by atoms with Gasteiger partial charge in [-0.1, -0.05) is 36.4 Å². The Kier molecular flexibility index (Phi) is 8.65. The van der Waals surface area contributed by atoms with Crippen molar-refractivity contribution >= 4 is 34.7 Å². The van der Waals surface area contributed by atoms with E-state index >= 15 is 0 Å². The molecule has 10 heteroatoms. The number of carbonyl (C=O) groups is 3. The number of hydrogen-bond donors (Lipinski definition) is 2. The smallest absolute Gasteiger partial charge is 0.435 e. The van der Waals surface area contributed by atoms with Crippen molar-refractivity contribution in [2.24, 2.45) is 0 Å². The molecule has 0 saturated heterocycles. The number of fused-ring (bicyclic) bond motifs is 1. The molecule has 2 aromatic heterocycles. The van der Waals surface area contributed by atoms with Gasteiger partial charge < -0.3 is 20.1 Å². The molecule has 0 radical (unpaired) electrons. The van der Waals surface area contributed by atoms with Crippen molar-refractivity contribution in [2.75, 3.05) is 5.32 Å². The number of nitrogens with one attached hydrogen (secondary N) is 2. The number of anilines is 1. The van der Waals surface area contributed by atoms with Gasteiger partial charge in [-0.2, -0.15) is 9.78 Å². The molecule has 220 valence electrons. The molecule has 1 unspecified atom stereocenters. The zero-order valence-corrected chi connectivity index (χ0v) is 25.0. The van der Waals surface area contributed by atoms with Crippen LogP contribution in [0.3, 0.4) is 0 Å². The van der Waals surface area contributed by atoms with E-state index in [2.05, 4.69) is 20.7 Å². The Bertz CT molecular complexity index is 1600. The fraction of sp³-hybridized carbons (Fsp3) is 0.344. The van der Waals surface area contributed by atoms with Crippen molar-refractivity contribution in [1.82, 2.24) is 20.1 Å². The molecule has 1 atom stereocenters. The Morgan fingerprint density at radius 1 is 0.881 bits per heavy atom. The number of hydrogen-bond acceptors (Lipinski definition) is 7. The fourth-order valence-electron chi connectivity index (χ4n) is 4.30. The van der Waals surface area contributed by atoms with Crippen LogP contribution in [0.4, 0.5) is 15.3 Å². The van der Waals surface area contributed by atoms with E-state index in [1.54, 1.807) is 66.1 Å². The Balaban J connectivity index is 1.56. The van der Waals surface area contributed by atoms with E-state index in [0.717, 1.165) is 22.1 Å². The van der Waals surface area contributed by atoms with Crippen LogP contribution in [-0.4, -0.2) is 50.1 Å². The van der Waals surface area contributed by atoms with E-state index in [0.29, 0.717) is 16.9 Å². The van der Waals surface area contributed by atoms with Crippen LogP contribution in [0.5, 0.6) is 0 Å². The number of benzene rings is 2. The van der Waals surface area contributed by atoms with Gasteiger partial charge in [0.2, 0.25) is 5.91 Å². The van der Waals surface area contributed by atoms with Crippen LogP contribution in [0.1, 0.15) is 52.8 Å². The normalized spacial score (nSPS) is 12.5. The SMILES string of the molecule is Cc1nn(C(=O)OC(C)(C)C)c2ccc(-c3cncc(NC(=O)C(Cc4ccccc4)NC(=O)OC(C)(C)C)c3)cc12. The summed E-state index contributed by atoms with van der Waals surface area (Å²) in [6.07, 6.45) is 2.27. The van der Waals surface area contributed by atoms with E-state index in [4.69, 9.17) is 9.47 Å². The number of alkyl carbamates (subject to hydrolysis) is 1. The molecule has 2 amide bonds. The lowest BCUT2D eigenvalue weighted by Gasteiger charge is -2.23. The minimum Gasteiger partial charge on any atom is -0.444 e. The van der Waals surface area contributed by atoms with E-state index in [1.807, 2.05) is 49.4 Å². The van der Waals surface area contributed by atoms with Crippen molar-refractivity contribution in [1.29, 1.82) is 0 Å². The molecule has 0 aliphatic rings. The van der Waals surface area contributed by atoms with Gasteiger partial charge in [0, 0.05) is 23.6 Å². The maximum atomic E-state index is 13.4. The molecule has 2 heterocycles. The van der Waals surface area contributed by atoms with Gasteiger partial charge in [-0.15, -0.1) is 0 Å². The molecule has 10 nitrogen and oxygen atoms in total. The first-order valence-electron chi connectivity index (χ1n) is 13.7. The van der Waals surface area contributed by atoms with Gasteiger partial charge in [0.25, 0.3) is 0 Å². The number of nitrogens with zero attached hydrogens (tertiary/aromatic N) is 3. The van der Waals surface area contributed by atoms with Crippen molar-refractivity contribution in [2.45, 2.75) is 72.1 Å². The van der Waals surface area contributed by atoms with Gasteiger partial charge in [-0.3, -0.25) is 9.78 Å². The summed E-state index contributed by atoms with van der Waals surface area (Å²) in [4.78, 5) is 42.9. The second kappa shape index (κ2) is 12.0. The third-order valence-corrected chi connectivity index (χ3v) is 6.06. The van der Waals surface area contributed by atoms with Crippen molar-refractivity contribution in [3.05, 3.63) is 78.2 Å². The lowest BCUT2D eigenvalue weighted by atomic mass is 10.0. The van der Waals surface area contributed by atoms with Crippen molar-refractivity contribution in [3.63, 3.8) is 0 Å². The number of aryl methyl sites for hydroxylation is 1. The van der Waals surface area contributed by atoms with Gasteiger partial charge >= 0.3 is 12.2 Å². The lowest BCUT2D eigenvalue weighted by molar-refractivity contribution is -0.118. The number of rotatable bonds is 6. The van der Waals surface area contributed by atoms with Gasteiger partial charge in [-0.05, 0) is 77.8 Å². The van der Waals surface area contributed by atoms with Crippen LogP contribution < -0.4 is 10.6 Å². The first-order valence-corrected chi connectivity index (χ1v) is 13.7. The highest BCUT2D eigenvalue weighted by atomic mass is 16.6. The number of carbonyl (C=O) groups excluding carboxylic acids is 3. The number of aromatic nitrogens is 3. The van der Waals surface area contributed by atoms with E-state index in [9.17, 15) is 14.4 Å². The molecule has 0 saturated carbocycles. The third kappa shape index (κ3) is 7.93. The summed E-state index contributed by atoms with van der Waals surface area (Å²) in [5.41, 5.74) is 2.86. The van der Waals surface area contributed by atoms with Crippen molar-refractivity contribution in [3.8, 4) is 11.1 Å². The third-order valence-electron chi connectivity index (χ3n) is 6.06.